The fourth-order valence-corrected chi connectivity index (χ4v) is 2.00. The summed E-state index contributed by atoms with van der Waals surface area (Å²) < 4.78 is 59.1. The summed E-state index contributed by atoms with van der Waals surface area (Å²) in [6, 6.07) is 0.801. The first-order valence-electron chi connectivity index (χ1n) is 5.34. The summed E-state index contributed by atoms with van der Waals surface area (Å²) in [5.41, 5.74) is 4.61. The van der Waals surface area contributed by atoms with E-state index >= 15 is 0 Å². The van der Waals surface area contributed by atoms with Crippen molar-refractivity contribution in [2.75, 3.05) is 29.6 Å². The van der Waals surface area contributed by atoms with Crippen LogP contribution in [0.1, 0.15) is 12.1 Å². The molecule has 0 amide bonds. The lowest BCUT2D eigenvalue weighted by Gasteiger charge is -2.12. The van der Waals surface area contributed by atoms with E-state index in [4.69, 9.17) is 5.73 Å². The van der Waals surface area contributed by atoms with Crippen molar-refractivity contribution in [2.45, 2.75) is 12.6 Å². The van der Waals surface area contributed by atoms with E-state index in [2.05, 4.69) is 10.3 Å². The Morgan fingerprint density at radius 3 is 2.58 bits per heavy atom. The number of aromatic nitrogens is 1. The standard InChI is InChI=1S/C10H14F3N3O2S/c1-19(17,18)4-2-3-15-8-5-9(10(11,12)13)16-6-7(8)14/h5-6H,2-4,14H2,1H3,(H,15,16). The molecule has 19 heavy (non-hydrogen) atoms. The third kappa shape index (κ3) is 5.33. The van der Waals surface area contributed by atoms with Crippen LogP contribution >= 0.6 is 0 Å². The SMILES string of the molecule is CS(=O)(=O)CCCNc1cc(C(F)(F)F)ncc1N. The highest BCUT2D eigenvalue weighted by Gasteiger charge is 2.32. The minimum Gasteiger partial charge on any atom is -0.396 e. The van der Waals surface area contributed by atoms with Crippen molar-refractivity contribution >= 4 is 21.2 Å². The number of nitrogens with zero attached hydrogens (tertiary/aromatic N) is 1. The highest BCUT2D eigenvalue weighted by atomic mass is 32.2. The predicted octanol–water partition coefficient (Wildman–Crippen LogP) is 1.53. The molecular formula is C10H14F3N3O2S. The van der Waals surface area contributed by atoms with Crippen LogP contribution in [0.5, 0.6) is 0 Å². The van der Waals surface area contributed by atoms with Crippen molar-refractivity contribution in [3.05, 3.63) is 18.0 Å². The first-order valence-corrected chi connectivity index (χ1v) is 7.40. The van der Waals surface area contributed by atoms with Gasteiger partial charge in [0.1, 0.15) is 15.5 Å². The summed E-state index contributed by atoms with van der Waals surface area (Å²) in [5.74, 6) is -0.0445. The Labute approximate surface area is 108 Å². The van der Waals surface area contributed by atoms with Crippen molar-refractivity contribution in [3.8, 4) is 0 Å². The largest absolute Gasteiger partial charge is 0.433 e. The number of rotatable bonds is 5. The first kappa shape index (κ1) is 15.5. The van der Waals surface area contributed by atoms with Gasteiger partial charge in [0.2, 0.25) is 0 Å². The number of nitrogens with two attached hydrogens (primary N) is 1. The normalized spacial score (nSPS) is 12.4. The zero-order valence-electron chi connectivity index (χ0n) is 10.2. The van der Waals surface area contributed by atoms with Gasteiger partial charge in [-0.1, -0.05) is 0 Å². The number of hydrogen-bond donors (Lipinski definition) is 2. The molecule has 0 atom stereocenters. The van der Waals surface area contributed by atoms with Crippen LogP contribution in [0.15, 0.2) is 12.3 Å². The van der Waals surface area contributed by atoms with Crippen LogP contribution in [0.3, 0.4) is 0 Å². The van der Waals surface area contributed by atoms with Crippen LogP contribution < -0.4 is 11.1 Å². The summed E-state index contributed by atoms with van der Waals surface area (Å²) in [5, 5.41) is 2.67. The molecule has 108 valence electrons. The lowest BCUT2D eigenvalue weighted by molar-refractivity contribution is -0.141. The molecule has 0 spiro atoms. The molecule has 0 bridgehead atoms. The van der Waals surface area contributed by atoms with Crippen LogP contribution in [0.2, 0.25) is 0 Å². The van der Waals surface area contributed by atoms with Crippen molar-refractivity contribution in [1.29, 1.82) is 0 Å². The number of alkyl halides is 3. The maximum absolute atomic E-state index is 12.4. The molecule has 1 aromatic heterocycles. The average Bonchev–Trinajstić information content (AvgIpc) is 2.23. The van der Waals surface area contributed by atoms with Gasteiger partial charge in [-0.15, -0.1) is 0 Å². The highest BCUT2D eigenvalue weighted by Crippen LogP contribution is 2.30. The van der Waals surface area contributed by atoms with E-state index in [1.807, 2.05) is 0 Å². The van der Waals surface area contributed by atoms with Gasteiger partial charge in [-0.3, -0.25) is 0 Å². The van der Waals surface area contributed by atoms with Gasteiger partial charge in [-0.2, -0.15) is 13.2 Å². The van der Waals surface area contributed by atoms with Crippen LogP contribution in [-0.2, 0) is 16.0 Å². The highest BCUT2D eigenvalue weighted by molar-refractivity contribution is 7.90. The molecule has 5 nitrogen and oxygen atoms in total. The number of sulfone groups is 1. The summed E-state index contributed by atoms with van der Waals surface area (Å²) >= 11 is 0. The summed E-state index contributed by atoms with van der Waals surface area (Å²) in [4.78, 5) is 3.19. The Balaban J connectivity index is 2.68. The van der Waals surface area contributed by atoms with E-state index in [1.165, 1.54) is 0 Å². The van der Waals surface area contributed by atoms with E-state index in [9.17, 15) is 21.6 Å². The lowest BCUT2D eigenvalue weighted by Crippen LogP contribution is -2.13. The van der Waals surface area contributed by atoms with Gasteiger partial charge >= 0.3 is 6.18 Å². The van der Waals surface area contributed by atoms with E-state index in [1.54, 1.807) is 0 Å². The number of halogens is 3. The molecule has 0 aliphatic carbocycles. The van der Waals surface area contributed by atoms with Gasteiger partial charge in [-0.25, -0.2) is 13.4 Å². The molecule has 0 fully saturated rings. The monoisotopic (exact) mass is 297 g/mol. The van der Waals surface area contributed by atoms with Crippen molar-refractivity contribution < 1.29 is 21.6 Å². The molecule has 0 radical (unpaired) electrons. The van der Waals surface area contributed by atoms with Crippen LogP contribution in [-0.4, -0.2) is 32.0 Å². The third-order valence-corrected chi connectivity index (χ3v) is 3.26. The molecule has 1 aromatic rings. The summed E-state index contributed by atoms with van der Waals surface area (Å²) in [6.45, 7) is 0.207. The summed E-state index contributed by atoms with van der Waals surface area (Å²) in [6.07, 6.45) is -2.25. The first-order chi connectivity index (χ1) is 8.59. The maximum atomic E-state index is 12.4. The number of hydrogen-bond acceptors (Lipinski definition) is 5. The van der Waals surface area contributed by atoms with Gasteiger partial charge in [0.15, 0.2) is 0 Å². The maximum Gasteiger partial charge on any atom is 0.433 e. The Hall–Kier alpha value is -1.51. The molecule has 1 rings (SSSR count). The van der Waals surface area contributed by atoms with Crippen molar-refractivity contribution in [3.63, 3.8) is 0 Å². The third-order valence-electron chi connectivity index (χ3n) is 2.23. The van der Waals surface area contributed by atoms with E-state index in [0.717, 1.165) is 18.5 Å². The van der Waals surface area contributed by atoms with Crippen LogP contribution in [0, 0.1) is 0 Å². The average molecular weight is 297 g/mol. The summed E-state index contributed by atoms with van der Waals surface area (Å²) in [7, 11) is -3.08. The molecule has 0 aliphatic heterocycles. The zero-order chi connectivity index (χ0) is 14.7. The molecule has 9 heteroatoms. The molecule has 0 aliphatic rings. The Bertz CT molecular complexity index is 543. The van der Waals surface area contributed by atoms with E-state index in [0.29, 0.717) is 0 Å². The Kier molecular flexibility index (Phi) is 4.61. The lowest BCUT2D eigenvalue weighted by atomic mass is 10.2. The quantitative estimate of drug-likeness (QED) is 0.805. The second kappa shape index (κ2) is 5.64. The van der Waals surface area contributed by atoms with Gasteiger partial charge in [0.25, 0.3) is 0 Å². The van der Waals surface area contributed by atoms with Crippen molar-refractivity contribution in [2.24, 2.45) is 0 Å². The molecule has 3 N–H and O–H groups in total. The molecular weight excluding hydrogens is 283 g/mol. The second-order valence-corrected chi connectivity index (χ2v) is 6.32. The van der Waals surface area contributed by atoms with Gasteiger partial charge in [0, 0.05) is 12.8 Å². The predicted molar refractivity (Wildman–Crippen MR) is 66.5 cm³/mol. The Morgan fingerprint density at radius 2 is 2.05 bits per heavy atom. The van der Waals surface area contributed by atoms with Gasteiger partial charge < -0.3 is 11.1 Å². The zero-order valence-corrected chi connectivity index (χ0v) is 11.0. The fraction of sp³-hybridized carbons (Fsp3) is 0.500. The number of pyridine rings is 1. The second-order valence-electron chi connectivity index (χ2n) is 4.06. The van der Waals surface area contributed by atoms with Gasteiger partial charge in [0.05, 0.1) is 23.3 Å². The Morgan fingerprint density at radius 1 is 1.42 bits per heavy atom. The topological polar surface area (TPSA) is 85.1 Å². The molecule has 0 saturated carbocycles. The number of anilines is 2. The smallest absolute Gasteiger partial charge is 0.396 e. The molecule has 0 saturated heterocycles. The minimum atomic E-state index is -4.54. The minimum absolute atomic E-state index is 0.0445. The molecule has 1 heterocycles. The van der Waals surface area contributed by atoms with Crippen LogP contribution in [0.4, 0.5) is 24.5 Å². The number of nitrogens with one attached hydrogen (secondary N) is 1. The van der Waals surface area contributed by atoms with Gasteiger partial charge in [-0.05, 0) is 12.5 Å². The van der Waals surface area contributed by atoms with Crippen LogP contribution in [0.25, 0.3) is 0 Å². The molecule has 0 unspecified atom stereocenters. The number of nitrogen functional groups attached to an aromatic ring is 1. The van der Waals surface area contributed by atoms with Crippen molar-refractivity contribution in [1.82, 2.24) is 4.98 Å². The van der Waals surface area contributed by atoms with E-state index < -0.39 is 21.7 Å². The fourth-order valence-electron chi connectivity index (χ4n) is 1.33. The molecule has 0 aromatic carbocycles. The van der Waals surface area contributed by atoms with E-state index in [-0.39, 0.29) is 30.1 Å².